The zero-order chi connectivity index (χ0) is 32.1. The molecule has 49 heavy (non-hydrogen) atoms. The minimum atomic E-state index is 0.244. The predicted molar refractivity (Wildman–Crippen MR) is 204 cm³/mol. The summed E-state index contributed by atoms with van der Waals surface area (Å²) in [7, 11) is 0. The molecular weight excluding hydrogens is 595 g/mol. The second kappa shape index (κ2) is 10.1. The van der Waals surface area contributed by atoms with E-state index in [4.69, 9.17) is 4.42 Å². The molecule has 2 heteroatoms. The minimum absolute atomic E-state index is 0.244. The van der Waals surface area contributed by atoms with Crippen molar-refractivity contribution in [2.45, 2.75) is 5.92 Å². The number of para-hydroxylation sites is 1. The lowest BCUT2D eigenvalue weighted by atomic mass is 9.89. The molecule has 1 aliphatic carbocycles. The van der Waals surface area contributed by atoms with Crippen molar-refractivity contribution in [2.75, 3.05) is 0 Å². The Morgan fingerprint density at radius 2 is 1.12 bits per heavy atom. The summed E-state index contributed by atoms with van der Waals surface area (Å²) < 4.78 is 8.88. The molecule has 0 saturated heterocycles. The van der Waals surface area contributed by atoms with E-state index in [0.29, 0.717) is 0 Å². The van der Waals surface area contributed by atoms with Gasteiger partial charge in [-0.1, -0.05) is 127 Å². The summed E-state index contributed by atoms with van der Waals surface area (Å²) in [6.07, 6.45) is 0. The van der Waals surface area contributed by atoms with Crippen molar-refractivity contribution in [3.8, 4) is 27.9 Å². The molecule has 0 saturated carbocycles. The Balaban J connectivity index is 1.16. The summed E-state index contributed by atoms with van der Waals surface area (Å²) in [5.74, 6) is 0.244. The lowest BCUT2D eigenvalue weighted by Gasteiger charge is -2.14. The van der Waals surface area contributed by atoms with E-state index in [1.54, 1.807) is 0 Å². The summed E-state index contributed by atoms with van der Waals surface area (Å²) in [6, 6.07) is 62.0. The van der Waals surface area contributed by atoms with Crippen LogP contribution < -0.4 is 0 Å². The van der Waals surface area contributed by atoms with Crippen molar-refractivity contribution in [1.82, 2.24) is 4.57 Å². The van der Waals surface area contributed by atoms with E-state index in [2.05, 4.69) is 168 Å². The van der Waals surface area contributed by atoms with E-state index >= 15 is 0 Å². The molecule has 1 atom stereocenters. The van der Waals surface area contributed by atoms with Crippen LogP contribution in [0.2, 0.25) is 0 Å². The summed E-state index contributed by atoms with van der Waals surface area (Å²) in [5.41, 5.74) is 14.5. The van der Waals surface area contributed by atoms with Crippen molar-refractivity contribution in [1.29, 1.82) is 0 Å². The fourth-order valence-corrected chi connectivity index (χ4v) is 8.47. The average molecular weight is 624 g/mol. The quantitative estimate of drug-likeness (QED) is 0.191. The predicted octanol–water partition coefficient (Wildman–Crippen LogP) is 12.7. The third kappa shape index (κ3) is 3.83. The maximum absolute atomic E-state index is 6.43. The summed E-state index contributed by atoms with van der Waals surface area (Å²) in [5, 5.41) is 7.14. The Kier molecular flexibility index (Phi) is 5.47. The highest BCUT2D eigenvalue weighted by Gasteiger charge is 2.30. The molecule has 2 aromatic heterocycles. The van der Waals surface area contributed by atoms with Gasteiger partial charge in [-0.25, -0.2) is 0 Å². The number of rotatable bonds is 3. The van der Waals surface area contributed by atoms with Gasteiger partial charge in [0.2, 0.25) is 0 Å². The third-order valence-corrected chi connectivity index (χ3v) is 10.7. The van der Waals surface area contributed by atoms with Gasteiger partial charge in [0.05, 0.1) is 16.7 Å². The Labute approximate surface area is 283 Å². The first kappa shape index (κ1) is 26.7. The zero-order valence-corrected chi connectivity index (χ0v) is 26.6. The number of hydrogen-bond donors (Lipinski definition) is 0. The largest absolute Gasteiger partial charge is 0.456 e. The first-order valence-corrected chi connectivity index (χ1v) is 17.0. The molecule has 0 radical (unpaired) electrons. The van der Waals surface area contributed by atoms with Gasteiger partial charge in [-0.2, -0.15) is 0 Å². The SMILES string of the molecule is c1ccc(C2c3ccccc3-c3cc(-c4ccc5c(c4)c4cc6oc7ccccc7c6cc4n5-c4cccc5ccccc45)ccc32)cc1. The molecule has 0 spiro atoms. The standard InChI is InChI=1S/C47H29NO/c1-2-12-30(13-3-1)47-36-18-7-6-16-34(36)38-25-31(21-23-37(38)47)32-22-24-43-39(26-32)40-28-46-41(35-17-8-9-20-45(35)49-46)27-44(40)48(43)42-19-10-14-29-11-4-5-15-33(29)42/h1-28,47H. The van der Waals surface area contributed by atoms with Crippen LogP contribution in [0.4, 0.5) is 0 Å². The highest BCUT2D eigenvalue weighted by molar-refractivity contribution is 6.18. The van der Waals surface area contributed by atoms with Gasteiger partial charge in [0, 0.05) is 32.8 Å². The Bertz CT molecular complexity index is 2940. The van der Waals surface area contributed by atoms with E-state index in [1.807, 2.05) is 6.07 Å². The molecule has 10 aromatic rings. The van der Waals surface area contributed by atoms with E-state index in [-0.39, 0.29) is 5.92 Å². The van der Waals surface area contributed by atoms with Crippen molar-refractivity contribution in [3.05, 3.63) is 187 Å². The van der Waals surface area contributed by atoms with Gasteiger partial charge in [-0.05, 0) is 86.8 Å². The van der Waals surface area contributed by atoms with Gasteiger partial charge >= 0.3 is 0 Å². The third-order valence-electron chi connectivity index (χ3n) is 10.7. The van der Waals surface area contributed by atoms with Gasteiger partial charge in [-0.3, -0.25) is 0 Å². The number of aromatic nitrogens is 1. The maximum atomic E-state index is 6.43. The molecule has 11 rings (SSSR count). The van der Waals surface area contributed by atoms with Gasteiger partial charge in [0.15, 0.2) is 0 Å². The molecule has 228 valence electrons. The van der Waals surface area contributed by atoms with Crippen molar-refractivity contribution in [2.24, 2.45) is 0 Å². The molecule has 0 amide bonds. The molecule has 0 aliphatic heterocycles. The van der Waals surface area contributed by atoms with Crippen LogP contribution in [0.15, 0.2) is 174 Å². The van der Waals surface area contributed by atoms with Crippen molar-refractivity contribution >= 4 is 54.5 Å². The highest BCUT2D eigenvalue weighted by Crippen LogP contribution is 2.49. The summed E-state index contributed by atoms with van der Waals surface area (Å²) >= 11 is 0. The average Bonchev–Trinajstić information content (AvgIpc) is 3.80. The van der Waals surface area contributed by atoms with Crippen LogP contribution in [0.1, 0.15) is 22.6 Å². The lowest BCUT2D eigenvalue weighted by Crippen LogP contribution is -1.98. The van der Waals surface area contributed by atoms with Crippen molar-refractivity contribution in [3.63, 3.8) is 0 Å². The molecule has 0 bridgehead atoms. The summed E-state index contributed by atoms with van der Waals surface area (Å²) in [6.45, 7) is 0. The van der Waals surface area contributed by atoms with Crippen molar-refractivity contribution < 1.29 is 4.42 Å². The normalized spacial score (nSPS) is 13.9. The highest BCUT2D eigenvalue weighted by atomic mass is 16.3. The number of hydrogen-bond acceptors (Lipinski definition) is 1. The number of furan rings is 1. The maximum Gasteiger partial charge on any atom is 0.136 e. The minimum Gasteiger partial charge on any atom is -0.456 e. The molecule has 1 aliphatic rings. The van der Waals surface area contributed by atoms with Crippen LogP contribution in [0.3, 0.4) is 0 Å². The number of benzene rings is 8. The van der Waals surface area contributed by atoms with Crippen LogP contribution in [0.5, 0.6) is 0 Å². The first-order valence-electron chi connectivity index (χ1n) is 17.0. The van der Waals surface area contributed by atoms with Crippen LogP contribution >= 0.6 is 0 Å². The van der Waals surface area contributed by atoms with Crippen LogP contribution in [-0.2, 0) is 0 Å². The molecule has 1 unspecified atom stereocenters. The van der Waals surface area contributed by atoms with Crippen LogP contribution in [0, 0.1) is 0 Å². The fraction of sp³-hybridized carbons (Fsp3) is 0.0213. The monoisotopic (exact) mass is 623 g/mol. The number of fused-ring (bicyclic) bond motifs is 10. The Morgan fingerprint density at radius 3 is 2.06 bits per heavy atom. The van der Waals surface area contributed by atoms with Gasteiger partial charge in [0.1, 0.15) is 11.2 Å². The second-order valence-electron chi connectivity index (χ2n) is 13.3. The first-order chi connectivity index (χ1) is 24.3. The molecule has 0 N–H and O–H groups in total. The smallest absolute Gasteiger partial charge is 0.136 e. The van der Waals surface area contributed by atoms with Gasteiger partial charge in [-0.15, -0.1) is 0 Å². The van der Waals surface area contributed by atoms with E-state index in [9.17, 15) is 0 Å². The van der Waals surface area contributed by atoms with E-state index in [1.165, 1.54) is 77.2 Å². The fourth-order valence-electron chi connectivity index (χ4n) is 8.47. The van der Waals surface area contributed by atoms with Gasteiger partial charge < -0.3 is 8.98 Å². The van der Waals surface area contributed by atoms with Crippen LogP contribution in [-0.4, -0.2) is 4.57 Å². The Morgan fingerprint density at radius 1 is 0.408 bits per heavy atom. The van der Waals surface area contributed by atoms with E-state index < -0.39 is 0 Å². The molecule has 2 nitrogen and oxygen atoms in total. The summed E-state index contributed by atoms with van der Waals surface area (Å²) in [4.78, 5) is 0. The molecule has 2 heterocycles. The molecule has 8 aromatic carbocycles. The topological polar surface area (TPSA) is 18.1 Å². The Hall–Kier alpha value is -6.38. The van der Waals surface area contributed by atoms with E-state index in [0.717, 1.165) is 21.9 Å². The molecule has 0 fully saturated rings. The zero-order valence-electron chi connectivity index (χ0n) is 26.6. The van der Waals surface area contributed by atoms with Crippen LogP contribution in [0.25, 0.3) is 82.5 Å². The second-order valence-corrected chi connectivity index (χ2v) is 13.3. The number of nitrogens with zero attached hydrogens (tertiary/aromatic N) is 1. The van der Waals surface area contributed by atoms with Gasteiger partial charge in [0.25, 0.3) is 0 Å². The molecular formula is C47H29NO. The lowest BCUT2D eigenvalue weighted by molar-refractivity contribution is 0.669.